The van der Waals surface area contributed by atoms with Gasteiger partial charge in [-0.25, -0.2) is 0 Å². The lowest BCUT2D eigenvalue weighted by Crippen LogP contribution is -2.23. The largest absolute Gasteiger partial charge is 0.115 e. The van der Waals surface area contributed by atoms with Crippen molar-refractivity contribution in [3.05, 3.63) is 137 Å². The molecule has 3 aromatic carbocycles. The molecule has 0 aromatic heterocycles. The Balaban J connectivity index is 1.14. The minimum atomic E-state index is 0.420. The van der Waals surface area contributed by atoms with Gasteiger partial charge in [0.25, 0.3) is 0 Å². The molecule has 0 spiro atoms. The Morgan fingerprint density at radius 1 is 0.935 bits per heavy atom. The Morgan fingerprint density at radius 2 is 1.67 bits per heavy atom. The summed E-state index contributed by atoms with van der Waals surface area (Å²) < 4.78 is 0. The van der Waals surface area contributed by atoms with Gasteiger partial charge in [0.05, 0.1) is 0 Å². The minimum absolute atomic E-state index is 0.420. The second-order valence-electron chi connectivity index (χ2n) is 14.9. The van der Waals surface area contributed by atoms with Gasteiger partial charge in [-0.15, -0.1) is 6.42 Å². The first-order valence-electron chi connectivity index (χ1n) is 18.3. The number of hydrogen-bond acceptors (Lipinski definition) is 0. The summed E-state index contributed by atoms with van der Waals surface area (Å²) in [6.07, 6.45) is 29.3. The number of benzene rings is 3. The van der Waals surface area contributed by atoms with Crippen LogP contribution >= 0.6 is 0 Å². The molecule has 2 unspecified atom stereocenters. The Morgan fingerprint density at radius 3 is 2.33 bits per heavy atom. The van der Waals surface area contributed by atoms with Crippen LogP contribution in [0.25, 0.3) is 5.57 Å². The van der Waals surface area contributed by atoms with Crippen molar-refractivity contribution in [2.75, 3.05) is 0 Å². The number of terminal acetylenes is 1. The Bertz CT molecular complexity index is 1560. The molecular formula is C46H54. The van der Waals surface area contributed by atoms with Gasteiger partial charge in [-0.3, -0.25) is 0 Å². The Hall–Kier alpha value is -3.56. The predicted molar refractivity (Wildman–Crippen MR) is 198 cm³/mol. The van der Waals surface area contributed by atoms with Crippen molar-refractivity contribution in [1.29, 1.82) is 0 Å². The van der Waals surface area contributed by atoms with Crippen molar-refractivity contribution < 1.29 is 0 Å². The van der Waals surface area contributed by atoms with E-state index < -0.39 is 0 Å². The molecule has 0 N–H and O–H groups in total. The summed E-state index contributed by atoms with van der Waals surface area (Å²) in [4.78, 5) is 0. The summed E-state index contributed by atoms with van der Waals surface area (Å²) in [7, 11) is 0. The molecule has 0 heterocycles. The molecule has 0 amide bonds. The maximum atomic E-state index is 6.00. The lowest BCUT2D eigenvalue weighted by atomic mass is 9.69. The summed E-state index contributed by atoms with van der Waals surface area (Å²) in [5.41, 5.74) is 11.4. The van der Waals surface area contributed by atoms with E-state index in [1.165, 1.54) is 103 Å². The van der Waals surface area contributed by atoms with Crippen LogP contribution in [0.5, 0.6) is 0 Å². The summed E-state index contributed by atoms with van der Waals surface area (Å²) in [6.45, 7) is 9.40. The lowest BCUT2D eigenvalue weighted by molar-refractivity contribution is 0.252. The molecular weight excluding hydrogens is 553 g/mol. The highest BCUT2D eigenvalue weighted by molar-refractivity contribution is 5.76. The molecule has 3 aromatic rings. The number of allylic oxidation sites excluding steroid dienone is 5. The molecule has 0 bridgehead atoms. The van der Waals surface area contributed by atoms with Crippen LogP contribution in [0.15, 0.2) is 103 Å². The van der Waals surface area contributed by atoms with Crippen molar-refractivity contribution in [2.45, 2.75) is 103 Å². The van der Waals surface area contributed by atoms with Crippen LogP contribution in [-0.4, -0.2) is 0 Å². The molecule has 2 fully saturated rings. The molecule has 46 heavy (non-hydrogen) atoms. The maximum Gasteiger partial charge on any atom is 0.0275 e. The maximum absolute atomic E-state index is 6.00. The number of rotatable bonds is 12. The highest BCUT2D eigenvalue weighted by atomic mass is 14.4. The molecule has 0 nitrogen and oxygen atoms in total. The number of aryl methyl sites for hydroxylation is 1. The molecule has 0 aliphatic heterocycles. The van der Waals surface area contributed by atoms with E-state index in [9.17, 15) is 0 Å². The number of hydrogen-bond donors (Lipinski definition) is 0. The molecule has 0 saturated heterocycles. The van der Waals surface area contributed by atoms with Crippen LogP contribution in [0.3, 0.4) is 0 Å². The van der Waals surface area contributed by atoms with Crippen LogP contribution in [-0.2, 0) is 19.3 Å². The van der Waals surface area contributed by atoms with Gasteiger partial charge < -0.3 is 0 Å². The Kier molecular flexibility index (Phi) is 10.5. The molecule has 6 rings (SSSR count). The zero-order valence-electron chi connectivity index (χ0n) is 28.4. The van der Waals surface area contributed by atoms with E-state index in [2.05, 4.69) is 111 Å². The van der Waals surface area contributed by atoms with Crippen molar-refractivity contribution in [3.63, 3.8) is 0 Å². The third-order valence-electron chi connectivity index (χ3n) is 11.8. The average Bonchev–Trinajstić information content (AvgIpc) is 3.75. The topological polar surface area (TPSA) is 0 Å². The minimum Gasteiger partial charge on any atom is -0.115 e. The molecule has 3 aliphatic rings. The van der Waals surface area contributed by atoms with Gasteiger partial charge in [-0.05, 0) is 127 Å². The van der Waals surface area contributed by atoms with Crippen molar-refractivity contribution in [3.8, 4) is 12.3 Å². The highest BCUT2D eigenvalue weighted by Crippen LogP contribution is 2.46. The zero-order valence-corrected chi connectivity index (χ0v) is 28.4. The average molecular weight is 607 g/mol. The molecule has 3 aliphatic carbocycles. The summed E-state index contributed by atoms with van der Waals surface area (Å²) in [6, 6.07) is 27.5. The highest BCUT2D eigenvalue weighted by Gasteiger charge is 2.33. The molecule has 0 heteroatoms. The predicted octanol–water partition coefficient (Wildman–Crippen LogP) is 12.1. The second kappa shape index (κ2) is 14.9. The standard InChI is InChI=1S/C46H54/c1-5-39-21-19-38(32-44(39)33-46(6-2)28-10-11-29-46)31-37-17-22-41(23-18-37)45(35(4)15-16-36-12-8-7-9-13-36)42-26-24-40(25-27-42)43-20-14-34(3)30-43/h1,7-9,12-14,19-21,24-27,30,32,34,37,41,45H,4,6,10-11,15-18,22-23,28-29,31,33H2,2-3H3. The molecule has 2 atom stereocenters. The van der Waals surface area contributed by atoms with Gasteiger partial charge in [-0.2, -0.15) is 0 Å². The van der Waals surface area contributed by atoms with Gasteiger partial charge in [0.2, 0.25) is 0 Å². The Labute approximate surface area is 280 Å². The van der Waals surface area contributed by atoms with Gasteiger partial charge in [0, 0.05) is 11.5 Å². The third-order valence-corrected chi connectivity index (χ3v) is 11.8. The van der Waals surface area contributed by atoms with Crippen molar-refractivity contribution in [1.82, 2.24) is 0 Å². The van der Waals surface area contributed by atoms with E-state index in [4.69, 9.17) is 13.0 Å². The van der Waals surface area contributed by atoms with Gasteiger partial charge in [-0.1, -0.05) is 136 Å². The zero-order chi connectivity index (χ0) is 31.9. The van der Waals surface area contributed by atoms with Crippen molar-refractivity contribution in [2.24, 2.45) is 23.2 Å². The van der Waals surface area contributed by atoms with Gasteiger partial charge in [0.15, 0.2) is 0 Å². The summed E-state index contributed by atoms with van der Waals surface area (Å²) in [5.74, 6) is 5.36. The van der Waals surface area contributed by atoms with Crippen LogP contribution in [0.1, 0.15) is 117 Å². The first-order chi connectivity index (χ1) is 22.4. The first-order valence-corrected chi connectivity index (χ1v) is 18.3. The van der Waals surface area contributed by atoms with Crippen LogP contribution in [0.4, 0.5) is 0 Å². The van der Waals surface area contributed by atoms with E-state index in [-0.39, 0.29) is 0 Å². The fourth-order valence-electron chi connectivity index (χ4n) is 8.98. The fourth-order valence-corrected chi connectivity index (χ4v) is 8.98. The van der Waals surface area contributed by atoms with Crippen LogP contribution in [0, 0.1) is 35.5 Å². The quantitative estimate of drug-likeness (QED) is 0.142. The summed E-state index contributed by atoms with van der Waals surface area (Å²) in [5, 5.41) is 0. The fraction of sp³-hybridized carbons (Fsp3) is 0.435. The van der Waals surface area contributed by atoms with Crippen molar-refractivity contribution >= 4 is 5.57 Å². The van der Waals surface area contributed by atoms with E-state index >= 15 is 0 Å². The van der Waals surface area contributed by atoms with Gasteiger partial charge >= 0.3 is 0 Å². The van der Waals surface area contributed by atoms with Crippen LogP contribution < -0.4 is 0 Å². The van der Waals surface area contributed by atoms with Gasteiger partial charge in [0.1, 0.15) is 0 Å². The third kappa shape index (κ3) is 7.69. The normalized spacial score (nSPS) is 22.7. The molecule has 2 saturated carbocycles. The smallest absolute Gasteiger partial charge is 0.0275 e. The van der Waals surface area contributed by atoms with E-state index in [1.807, 2.05) is 0 Å². The van der Waals surface area contributed by atoms with E-state index in [0.717, 1.165) is 30.7 Å². The van der Waals surface area contributed by atoms with E-state index in [0.29, 0.717) is 23.2 Å². The monoisotopic (exact) mass is 606 g/mol. The SMILES string of the molecule is C#Cc1ccc(CC2CCC(C(C(=C)CCc3ccccc3)c3ccc(C4=CC(C)C=C4)cc3)CC2)cc1CC1(CC)CCCC1. The first kappa shape index (κ1) is 32.4. The lowest BCUT2D eigenvalue weighted by Gasteiger charge is -2.36. The molecule has 238 valence electrons. The summed E-state index contributed by atoms with van der Waals surface area (Å²) >= 11 is 0. The van der Waals surface area contributed by atoms with E-state index in [1.54, 1.807) is 0 Å². The van der Waals surface area contributed by atoms with Crippen LogP contribution in [0.2, 0.25) is 0 Å². The second-order valence-corrected chi connectivity index (χ2v) is 14.9. The molecule has 0 radical (unpaired) electrons.